The number of allylic oxidation sites excluding steroid dienone is 4. The van der Waals surface area contributed by atoms with Crippen LogP contribution >= 0.6 is 23.1 Å². The van der Waals surface area contributed by atoms with Gasteiger partial charge in [-0.05, 0) is 62.2 Å². The van der Waals surface area contributed by atoms with Crippen molar-refractivity contribution in [2.75, 3.05) is 5.32 Å². The normalized spacial score (nSPS) is 11.7. The number of thioether (sulfide) groups is 1. The summed E-state index contributed by atoms with van der Waals surface area (Å²) in [6.45, 7) is 11.1. The van der Waals surface area contributed by atoms with Crippen LogP contribution in [-0.4, -0.2) is 28.0 Å². The zero-order chi connectivity index (χ0) is 30.1. The zero-order valence-corrected chi connectivity index (χ0v) is 24.6. The molecule has 3 aromatic rings. The van der Waals surface area contributed by atoms with Crippen molar-refractivity contribution in [1.82, 2.24) is 4.90 Å². The van der Waals surface area contributed by atoms with Gasteiger partial charge in [-0.1, -0.05) is 48.2 Å². The van der Waals surface area contributed by atoms with Crippen molar-refractivity contribution in [3.8, 4) is 0 Å². The Morgan fingerprint density at radius 1 is 1.20 bits per heavy atom. The van der Waals surface area contributed by atoms with E-state index in [1.54, 1.807) is 31.2 Å². The average Bonchev–Trinajstić information content (AvgIpc) is 3.29. The van der Waals surface area contributed by atoms with Gasteiger partial charge in [-0.25, -0.2) is 9.38 Å². The molecule has 0 spiro atoms. The number of benzene rings is 2. The molecule has 0 aliphatic carbocycles. The maximum absolute atomic E-state index is 13.5. The minimum atomic E-state index is -0.518. The van der Waals surface area contributed by atoms with Crippen molar-refractivity contribution in [2.45, 2.75) is 39.1 Å². The number of aryl methyl sites for hydroxylation is 1. The molecule has 0 unspecified atom stereocenters. The molecule has 1 aromatic heterocycles. The van der Waals surface area contributed by atoms with Crippen LogP contribution < -0.4 is 5.32 Å². The number of halogens is 1. The van der Waals surface area contributed by atoms with E-state index in [0.29, 0.717) is 30.8 Å². The van der Waals surface area contributed by atoms with Gasteiger partial charge in [0.15, 0.2) is 0 Å². The number of anilines is 1. The molecule has 1 N–H and O–H groups in total. The monoisotopic (exact) mass is 592 g/mol. The first-order valence-electron chi connectivity index (χ1n) is 12.4. The van der Waals surface area contributed by atoms with Crippen LogP contribution in [0.25, 0.3) is 0 Å². The van der Waals surface area contributed by atoms with E-state index in [0.717, 1.165) is 16.9 Å². The van der Waals surface area contributed by atoms with Gasteiger partial charge in [0.25, 0.3) is 11.6 Å². The Hall–Kier alpha value is -4.35. The smallest absolute Gasteiger partial charge is 0.272 e. The number of carbonyl (C=O) groups excluding carboxylic acids is 2. The van der Waals surface area contributed by atoms with Gasteiger partial charge in [-0.2, -0.15) is 0 Å². The van der Waals surface area contributed by atoms with Gasteiger partial charge in [-0.3, -0.25) is 24.6 Å². The fourth-order valence-electron chi connectivity index (χ4n) is 3.46. The van der Waals surface area contributed by atoms with Crippen LogP contribution in [0.3, 0.4) is 0 Å². The number of nitrogens with one attached hydrogen (secondary N) is 1. The lowest BCUT2D eigenvalue weighted by Gasteiger charge is -2.15. The van der Waals surface area contributed by atoms with Gasteiger partial charge >= 0.3 is 0 Å². The third kappa shape index (κ3) is 9.37. The Morgan fingerprint density at radius 3 is 2.61 bits per heavy atom. The van der Waals surface area contributed by atoms with E-state index in [9.17, 15) is 24.1 Å². The quantitative estimate of drug-likeness (QED) is 0.0603. The Morgan fingerprint density at radius 2 is 1.95 bits per heavy atom. The van der Waals surface area contributed by atoms with Crippen LogP contribution in [-0.2, 0) is 11.3 Å². The lowest BCUT2D eigenvalue weighted by Crippen LogP contribution is -2.26. The summed E-state index contributed by atoms with van der Waals surface area (Å²) in [6, 6.07) is 12.0. The molecular formula is C30H29FN4O4S2. The number of nitrogens with zero attached hydrogens (tertiary/aromatic N) is 3. The number of hydrogen-bond acceptors (Lipinski definition) is 7. The molecule has 212 valence electrons. The van der Waals surface area contributed by atoms with Crippen LogP contribution in [0.15, 0.2) is 93.7 Å². The maximum atomic E-state index is 13.5. The van der Waals surface area contributed by atoms with Crippen LogP contribution in [0.4, 0.5) is 20.8 Å². The van der Waals surface area contributed by atoms with E-state index in [2.05, 4.69) is 16.9 Å². The number of non-ortho nitro benzene ring substituents is 1. The van der Waals surface area contributed by atoms with E-state index in [4.69, 9.17) is 0 Å². The summed E-state index contributed by atoms with van der Waals surface area (Å²) in [4.78, 5) is 43.6. The van der Waals surface area contributed by atoms with Crippen LogP contribution in [0.1, 0.15) is 41.6 Å². The number of hydrogen-bond donors (Lipinski definition) is 1. The second-order valence-corrected chi connectivity index (χ2v) is 11.2. The first-order chi connectivity index (χ1) is 19.4. The molecule has 0 saturated carbocycles. The SMILES string of the molecule is C=C(/C=C\C(C)=C/C)Sc1cc(NC(=O)c2sc(/N=C\N(Cc3cccc(F)c3)C(C)=O)cc2C)cc([N+](=O)[O-])c1. The first-order valence-corrected chi connectivity index (χ1v) is 14.0. The van der Waals surface area contributed by atoms with Crippen molar-refractivity contribution in [1.29, 1.82) is 0 Å². The molecule has 0 aliphatic heterocycles. The fraction of sp³-hybridized carbons (Fsp3) is 0.167. The summed E-state index contributed by atoms with van der Waals surface area (Å²) in [5.74, 6) is -1.13. The Bertz CT molecular complexity index is 1580. The number of amides is 2. The molecule has 0 atom stereocenters. The van der Waals surface area contributed by atoms with Gasteiger partial charge in [0, 0.05) is 34.5 Å². The summed E-state index contributed by atoms with van der Waals surface area (Å²) in [7, 11) is 0. The van der Waals surface area contributed by atoms with Crippen LogP contribution in [0.2, 0.25) is 0 Å². The molecule has 0 fully saturated rings. The summed E-state index contributed by atoms with van der Waals surface area (Å²) in [5.41, 5.74) is 2.41. The third-order valence-electron chi connectivity index (χ3n) is 5.68. The van der Waals surface area contributed by atoms with Gasteiger partial charge in [0.1, 0.15) is 10.8 Å². The molecule has 1 heterocycles. The highest BCUT2D eigenvalue weighted by atomic mass is 32.2. The van der Waals surface area contributed by atoms with Gasteiger partial charge in [-0.15, -0.1) is 11.3 Å². The zero-order valence-electron chi connectivity index (χ0n) is 23.0. The predicted molar refractivity (Wildman–Crippen MR) is 164 cm³/mol. The van der Waals surface area contributed by atoms with Gasteiger partial charge in [0.05, 0.1) is 22.7 Å². The first kappa shape index (κ1) is 31.2. The van der Waals surface area contributed by atoms with Crippen molar-refractivity contribution >= 4 is 57.6 Å². The Kier molecular flexibility index (Phi) is 10.9. The molecule has 2 amide bonds. The topological polar surface area (TPSA) is 105 Å². The lowest BCUT2D eigenvalue weighted by molar-refractivity contribution is -0.385. The number of rotatable bonds is 11. The van der Waals surface area contributed by atoms with E-state index in [-0.39, 0.29) is 23.8 Å². The molecule has 3 rings (SSSR count). The van der Waals surface area contributed by atoms with E-state index >= 15 is 0 Å². The molecule has 41 heavy (non-hydrogen) atoms. The minimum absolute atomic E-state index is 0.137. The minimum Gasteiger partial charge on any atom is -0.321 e. The summed E-state index contributed by atoms with van der Waals surface area (Å²) >= 11 is 2.36. The number of aliphatic imine (C=N–C) groups is 1. The fourth-order valence-corrected chi connectivity index (χ4v) is 5.17. The number of nitro benzene ring substituents is 1. The summed E-state index contributed by atoms with van der Waals surface area (Å²) in [6.07, 6.45) is 7.01. The Balaban J connectivity index is 1.77. The molecule has 2 aromatic carbocycles. The summed E-state index contributed by atoms with van der Waals surface area (Å²) in [5, 5.41) is 14.8. The molecule has 0 saturated heterocycles. The molecule has 0 aliphatic rings. The van der Waals surface area contributed by atoms with Crippen LogP contribution in [0.5, 0.6) is 0 Å². The molecule has 0 radical (unpaired) electrons. The molecular weight excluding hydrogens is 563 g/mol. The van der Waals surface area contributed by atoms with Crippen molar-refractivity contribution in [2.24, 2.45) is 4.99 Å². The number of thiophene rings is 1. The van der Waals surface area contributed by atoms with Gasteiger partial charge in [0.2, 0.25) is 5.91 Å². The van der Waals surface area contributed by atoms with E-state index in [1.807, 2.05) is 32.1 Å². The number of carbonyl (C=O) groups is 2. The van der Waals surface area contributed by atoms with E-state index < -0.39 is 16.6 Å². The predicted octanol–water partition coefficient (Wildman–Crippen LogP) is 8.19. The lowest BCUT2D eigenvalue weighted by atomic mass is 10.2. The van der Waals surface area contributed by atoms with Crippen LogP contribution in [0, 0.1) is 22.9 Å². The third-order valence-corrected chi connectivity index (χ3v) is 7.69. The van der Waals surface area contributed by atoms with Crippen molar-refractivity contribution < 1.29 is 18.9 Å². The average molecular weight is 593 g/mol. The second kappa shape index (κ2) is 14.3. The highest BCUT2D eigenvalue weighted by Gasteiger charge is 2.17. The second-order valence-electron chi connectivity index (χ2n) is 8.98. The molecule has 0 bridgehead atoms. The number of nitro groups is 1. The van der Waals surface area contributed by atoms with E-state index in [1.165, 1.54) is 54.2 Å². The standard InChI is InChI=1S/C30H29FN4O4S2/c1-6-19(2)10-11-21(4)40-27-15-25(14-26(16-27)35(38)39)33-30(37)29-20(3)12-28(41-29)32-18-34(22(5)36)17-23-8-7-9-24(31)13-23/h6-16,18H,4,17H2,1-3,5H3,(H,33,37)/b11-10-,19-6-,32-18-. The summed E-state index contributed by atoms with van der Waals surface area (Å²) < 4.78 is 13.5. The van der Waals surface area contributed by atoms with Gasteiger partial charge < -0.3 is 5.32 Å². The Labute approximate surface area is 246 Å². The highest BCUT2D eigenvalue weighted by molar-refractivity contribution is 8.03. The maximum Gasteiger partial charge on any atom is 0.272 e. The molecule has 8 nitrogen and oxygen atoms in total. The largest absolute Gasteiger partial charge is 0.321 e. The van der Waals surface area contributed by atoms with Crippen molar-refractivity contribution in [3.63, 3.8) is 0 Å². The highest BCUT2D eigenvalue weighted by Crippen LogP contribution is 2.34. The van der Waals surface area contributed by atoms with Crippen molar-refractivity contribution in [3.05, 3.63) is 116 Å². The molecule has 11 heteroatoms.